The molecule has 0 aliphatic carbocycles. The first kappa shape index (κ1) is 13.9. The van der Waals surface area contributed by atoms with Gasteiger partial charge in [-0.15, -0.1) is 0 Å². The number of nitrogens with zero attached hydrogens (tertiary/aromatic N) is 5. The second kappa shape index (κ2) is 6.18. The highest BCUT2D eigenvalue weighted by molar-refractivity contribution is 5.56. The lowest BCUT2D eigenvalue weighted by Gasteiger charge is -2.22. The fraction of sp³-hybridized carbons (Fsp3) is 0.438. The fourth-order valence-electron chi connectivity index (χ4n) is 2.61. The summed E-state index contributed by atoms with van der Waals surface area (Å²) in [4.78, 5) is 18.2. The fourth-order valence-corrected chi connectivity index (χ4v) is 2.61. The number of pyridine rings is 1. The summed E-state index contributed by atoms with van der Waals surface area (Å²) < 4.78 is 0. The Morgan fingerprint density at radius 2 is 2.00 bits per heavy atom. The quantitative estimate of drug-likeness (QED) is 0.843. The number of anilines is 1. The first-order valence-corrected chi connectivity index (χ1v) is 7.42. The van der Waals surface area contributed by atoms with Crippen LogP contribution in [0.2, 0.25) is 0 Å². The van der Waals surface area contributed by atoms with Gasteiger partial charge in [-0.1, -0.05) is 0 Å². The van der Waals surface area contributed by atoms with Gasteiger partial charge in [-0.3, -0.25) is 4.98 Å². The van der Waals surface area contributed by atoms with Gasteiger partial charge < -0.3 is 9.80 Å². The van der Waals surface area contributed by atoms with Crippen LogP contribution in [0.4, 0.5) is 5.82 Å². The average Bonchev–Trinajstić information content (AvgIpc) is 2.72. The van der Waals surface area contributed by atoms with Crippen LogP contribution >= 0.6 is 0 Å². The maximum absolute atomic E-state index is 4.75. The monoisotopic (exact) mass is 283 g/mol. The lowest BCUT2D eigenvalue weighted by molar-refractivity contribution is 0.360. The Balaban J connectivity index is 1.91. The Hall–Kier alpha value is -2.01. The zero-order valence-corrected chi connectivity index (χ0v) is 12.7. The van der Waals surface area contributed by atoms with Crippen molar-refractivity contribution in [3.05, 3.63) is 36.3 Å². The molecule has 0 saturated carbocycles. The minimum absolute atomic E-state index is 0.760. The largest absolute Gasteiger partial charge is 0.355 e. The molecule has 0 bridgehead atoms. The summed E-state index contributed by atoms with van der Waals surface area (Å²) in [5.41, 5.74) is 1.96. The molecular formula is C16H21N5. The van der Waals surface area contributed by atoms with Crippen molar-refractivity contribution in [2.75, 3.05) is 38.1 Å². The van der Waals surface area contributed by atoms with Crippen LogP contribution in [-0.4, -0.2) is 53.1 Å². The zero-order valence-electron chi connectivity index (χ0n) is 12.7. The number of rotatable bonds is 2. The molecule has 3 rings (SSSR count). The second-order valence-corrected chi connectivity index (χ2v) is 5.58. The van der Waals surface area contributed by atoms with Crippen molar-refractivity contribution < 1.29 is 0 Å². The molecule has 110 valence electrons. The predicted octanol–water partition coefficient (Wildman–Crippen LogP) is 1.99. The SMILES string of the molecule is Cc1cc(N2CCCN(C)CC2)nc(-c2cccnc2)n1. The van der Waals surface area contributed by atoms with Crippen molar-refractivity contribution in [3.63, 3.8) is 0 Å². The summed E-state index contributed by atoms with van der Waals surface area (Å²) in [6, 6.07) is 5.99. The lowest BCUT2D eigenvalue weighted by atomic mass is 10.2. The summed E-state index contributed by atoms with van der Waals surface area (Å²) in [5, 5.41) is 0. The molecule has 3 heterocycles. The van der Waals surface area contributed by atoms with E-state index in [0.29, 0.717) is 0 Å². The standard InChI is InChI=1S/C16H21N5/c1-13-11-15(21-8-4-7-20(2)9-10-21)19-16(18-13)14-5-3-6-17-12-14/h3,5-6,11-12H,4,7-10H2,1-2H3. The van der Waals surface area contributed by atoms with E-state index in [1.54, 1.807) is 6.20 Å². The van der Waals surface area contributed by atoms with Crippen LogP contribution in [0.25, 0.3) is 11.4 Å². The van der Waals surface area contributed by atoms with Gasteiger partial charge >= 0.3 is 0 Å². The van der Waals surface area contributed by atoms with E-state index >= 15 is 0 Å². The highest BCUT2D eigenvalue weighted by atomic mass is 15.2. The van der Waals surface area contributed by atoms with Crippen molar-refractivity contribution >= 4 is 5.82 Å². The minimum Gasteiger partial charge on any atom is -0.355 e. The van der Waals surface area contributed by atoms with Gasteiger partial charge in [0.25, 0.3) is 0 Å². The van der Waals surface area contributed by atoms with Gasteiger partial charge in [0, 0.05) is 49.4 Å². The van der Waals surface area contributed by atoms with Crippen molar-refractivity contribution in [2.45, 2.75) is 13.3 Å². The van der Waals surface area contributed by atoms with E-state index in [0.717, 1.165) is 49.1 Å². The molecule has 2 aromatic rings. The molecule has 1 saturated heterocycles. The number of hydrogen-bond donors (Lipinski definition) is 0. The molecule has 2 aromatic heterocycles. The Morgan fingerprint density at radius 1 is 1.10 bits per heavy atom. The van der Waals surface area contributed by atoms with Gasteiger partial charge in [0.15, 0.2) is 5.82 Å². The van der Waals surface area contributed by atoms with E-state index in [-0.39, 0.29) is 0 Å². The van der Waals surface area contributed by atoms with Crippen LogP contribution in [0.15, 0.2) is 30.6 Å². The molecule has 5 heteroatoms. The van der Waals surface area contributed by atoms with Gasteiger partial charge in [0.05, 0.1) is 0 Å². The van der Waals surface area contributed by atoms with Gasteiger partial charge in [0.2, 0.25) is 0 Å². The zero-order chi connectivity index (χ0) is 14.7. The Morgan fingerprint density at radius 3 is 2.81 bits per heavy atom. The van der Waals surface area contributed by atoms with Gasteiger partial charge in [0.1, 0.15) is 5.82 Å². The van der Waals surface area contributed by atoms with Gasteiger partial charge in [-0.25, -0.2) is 9.97 Å². The molecule has 0 unspecified atom stereocenters. The van der Waals surface area contributed by atoms with E-state index < -0.39 is 0 Å². The van der Waals surface area contributed by atoms with Crippen LogP contribution in [0.1, 0.15) is 12.1 Å². The number of aryl methyl sites for hydroxylation is 1. The van der Waals surface area contributed by atoms with Crippen LogP contribution in [0.3, 0.4) is 0 Å². The summed E-state index contributed by atoms with van der Waals surface area (Å²) in [7, 11) is 2.18. The summed E-state index contributed by atoms with van der Waals surface area (Å²) >= 11 is 0. The summed E-state index contributed by atoms with van der Waals surface area (Å²) in [6.45, 7) is 6.31. The Bertz CT molecular complexity index is 599. The van der Waals surface area contributed by atoms with Crippen LogP contribution < -0.4 is 4.90 Å². The first-order valence-electron chi connectivity index (χ1n) is 7.42. The normalized spacial score (nSPS) is 16.8. The van der Waals surface area contributed by atoms with Crippen LogP contribution in [-0.2, 0) is 0 Å². The predicted molar refractivity (Wildman–Crippen MR) is 84.3 cm³/mol. The minimum atomic E-state index is 0.760. The molecule has 0 atom stereocenters. The third-order valence-corrected chi connectivity index (χ3v) is 3.80. The molecule has 1 aliphatic rings. The molecule has 0 spiro atoms. The second-order valence-electron chi connectivity index (χ2n) is 5.58. The number of aromatic nitrogens is 3. The van der Waals surface area contributed by atoms with E-state index in [4.69, 9.17) is 4.98 Å². The third-order valence-electron chi connectivity index (χ3n) is 3.80. The van der Waals surface area contributed by atoms with Crippen molar-refractivity contribution in [2.24, 2.45) is 0 Å². The molecular weight excluding hydrogens is 262 g/mol. The lowest BCUT2D eigenvalue weighted by Crippen LogP contribution is -2.29. The molecule has 0 N–H and O–H groups in total. The molecule has 1 aliphatic heterocycles. The molecule has 5 nitrogen and oxygen atoms in total. The molecule has 21 heavy (non-hydrogen) atoms. The first-order chi connectivity index (χ1) is 10.2. The third kappa shape index (κ3) is 3.36. The maximum Gasteiger partial charge on any atom is 0.163 e. The number of hydrogen-bond acceptors (Lipinski definition) is 5. The van der Waals surface area contributed by atoms with E-state index in [9.17, 15) is 0 Å². The highest BCUT2D eigenvalue weighted by Crippen LogP contribution is 2.20. The summed E-state index contributed by atoms with van der Waals surface area (Å²) in [5.74, 6) is 1.78. The average molecular weight is 283 g/mol. The van der Waals surface area contributed by atoms with E-state index in [1.165, 1.54) is 6.42 Å². The maximum atomic E-state index is 4.75. The summed E-state index contributed by atoms with van der Waals surface area (Å²) in [6.07, 6.45) is 4.75. The van der Waals surface area contributed by atoms with Crippen molar-refractivity contribution in [1.29, 1.82) is 0 Å². The number of likely N-dealkylation sites (N-methyl/N-ethyl adjacent to an activating group) is 1. The molecule has 0 radical (unpaired) electrons. The van der Waals surface area contributed by atoms with Gasteiger partial charge in [-0.2, -0.15) is 0 Å². The Labute approximate surface area is 125 Å². The van der Waals surface area contributed by atoms with Crippen molar-refractivity contribution in [1.82, 2.24) is 19.9 Å². The van der Waals surface area contributed by atoms with Crippen LogP contribution in [0.5, 0.6) is 0 Å². The molecule has 0 aromatic carbocycles. The Kier molecular flexibility index (Phi) is 4.10. The smallest absolute Gasteiger partial charge is 0.163 e. The van der Waals surface area contributed by atoms with E-state index in [1.807, 2.05) is 25.3 Å². The topological polar surface area (TPSA) is 45.2 Å². The van der Waals surface area contributed by atoms with E-state index in [2.05, 4.69) is 32.9 Å². The van der Waals surface area contributed by atoms with Crippen molar-refractivity contribution in [3.8, 4) is 11.4 Å². The highest BCUT2D eigenvalue weighted by Gasteiger charge is 2.15. The van der Waals surface area contributed by atoms with Gasteiger partial charge in [-0.05, 0) is 39.1 Å². The van der Waals surface area contributed by atoms with Crippen LogP contribution in [0, 0.1) is 6.92 Å². The molecule has 1 fully saturated rings. The molecule has 0 amide bonds.